The Morgan fingerprint density at radius 1 is 1.53 bits per heavy atom. The third-order valence-electron chi connectivity index (χ3n) is 2.63. The van der Waals surface area contributed by atoms with Crippen LogP contribution in [0.4, 0.5) is 0 Å². The third-order valence-corrected chi connectivity index (χ3v) is 3.99. The van der Waals surface area contributed by atoms with E-state index in [2.05, 4.69) is 25.1 Å². The van der Waals surface area contributed by atoms with E-state index in [1.807, 2.05) is 0 Å². The zero-order chi connectivity index (χ0) is 10.8. The van der Waals surface area contributed by atoms with Crippen molar-refractivity contribution in [3.63, 3.8) is 0 Å². The van der Waals surface area contributed by atoms with Gasteiger partial charge in [-0.05, 0) is 31.4 Å². The van der Waals surface area contributed by atoms with Crippen molar-refractivity contribution in [1.29, 1.82) is 0 Å². The Morgan fingerprint density at radius 3 is 3.07 bits per heavy atom. The van der Waals surface area contributed by atoms with Crippen LogP contribution in [0.1, 0.15) is 17.5 Å². The molecule has 1 aliphatic heterocycles. The van der Waals surface area contributed by atoms with Gasteiger partial charge in [-0.15, -0.1) is 11.8 Å². The molecule has 1 heterocycles. The molecule has 0 N–H and O–H groups in total. The number of carbonyl (C=O) groups is 1. The second kappa shape index (κ2) is 4.27. The van der Waals surface area contributed by atoms with Crippen molar-refractivity contribution in [1.82, 2.24) is 0 Å². The van der Waals surface area contributed by atoms with E-state index >= 15 is 0 Å². The van der Waals surface area contributed by atoms with Gasteiger partial charge in [0.2, 0.25) is 0 Å². The molecule has 0 spiro atoms. The van der Waals surface area contributed by atoms with Gasteiger partial charge in [-0.25, -0.2) is 0 Å². The van der Waals surface area contributed by atoms with Crippen LogP contribution >= 0.6 is 11.8 Å². The number of hydrogen-bond acceptors (Lipinski definition) is 3. The fraction of sp³-hybridized carbons (Fsp3) is 0.417. The Labute approximate surface area is 94.0 Å². The molecule has 0 aliphatic carbocycles. The number of ether oxygens (including phenoxy) is 1. The molecule has 1 atom stereocenters. The summed E-state index contributed by atoms with van der Waals surface area (Å²) < 4.78 is 4.77. The standard InChI is InChI=1S/C12H14O2S/c1-8-3-5-10-9(7-8)4-6-11(15-10)12(13)14-2/h3,5,7,11H,4,6H2,1-2H3. The topological polar surface area (TPSA) is 26.3 Å². The molecular weight excluding hydrogens is 208 g/mol. The first-order valence-corrected chi connectivity index (χ1v) is 5.92. The minimum atomic E-state index is -0.105. The van der Waals surface area contributed by atoms with E-state index in [-0.39, 0.29) is 11.2 Å². The highest BCUT2D eigenvalue weighted by atomic mass is 32.2. The first kappa shape index (κ1) is 10.6. The lowest BCUT2D eigenvalue weighted by Gasteiger charge is -2.22. The highest BCUT2D eigenvalue weighted by Crippen LogP contribution is 2.36. The summed E-state index contributed by atoms with van der Waals surface area (Å²) in [4.78, 5) is 12.6. The lowest BCUT2D eigenvalue weighted by molar-refractivity contribution is -0.140. The fourth-order valence-electron chi connectivity index (χ4n) is 1.81. The van der Waals surface area contributed by atoms with Gasteiger partial charge in [0.05, 0.1) is 7.11 Å². The molecule has 2 rings (SSSR count). The minimum absolute atomic E-state index is 0.0230. The second-order valence-corrected chi connectivity index (χ2v) is 5.02. The van der Waals surface area contributed by atoms with Gasteiger partial charge in [-0.1, -0.05) is 17.7 Å². The van der Waals surface area contributed by atoms with E-state index in [0.29, 0.717) is 0 Å². The number of methoxy groups -OCH3 is 1. The summed E-state index contributed by atoms with van der Waals surface area (Å²) in [6.45, 7) is 2.09. The van der Waals surface area contributed by atoms with Crippen LogP contribution in [-0.2, 0) is 16.0 Å². The van der Waals surface area contributed by atoms with Crippen molar-refractivity contribution >= 4 is 17.7 Å². The van der Waals surface area contributed by atoms with E-state index in [4.69, 9.17) is 4.74 Å². The Kier molecular flexibility index (Phi) is 3.00. The predicted molar refractivity (Wildman–Crippen MR) is 61.2 cm³/mol. The predicted octanol–water partition coefficient (Wildman–Crippen LogP) is 2.57. The molecule has 1 unspecified atom stereocenters. The number of thioether (sulfide) groups is 1. The zero-order valence-corrected chi connectivity index (χ0v) is 9.76. The van der Waals surface area contributed by atoms with Crippen LogP contribution in [-0.4, -0.2) is 18.3 Å². The van der Waals surface area contributed by atoms with Gasteiger partial charge in [-0.2, -0.15) is 0 Å². The summed E-state index contributed by atoms with van der Waals surface area (Å²) in [7, 11) is 1.45. The summed E-state index contributed by atoms with van der Waals surface area (Å²) in [6, 6.07) is 6.39. The number of carbonyl (C=O) groups excluding carboxylic acids is 1. The van der Waals surface area contributed by atoms with Crippen molar-refractivity contribution in [2.24, 2.45) is 0 Å². The molecule has 0 saturated heterocycles. The molecule has 0 fully saturated rings. The molecule has 3 heteroatoms. The van der Waals surface area contributed by atoms with Crippen molar-refractivity contribution in [2.75, 3.05) is 7.11 Å². The number of fused-ring (bicyclic) bond motifs is 1. The number of rotatable bonds is 1. The third kappa shape index (κ3) is 2.17. The summed E-state index contributed by atoms with van der Waals surface area (Å²) in [5.41, 5.74) is 2.64. The first-order chi connectivity index (χ1) is 7.20. The average Bonchev–Trinajstić information content (AvgIpc) is 2.27. The molecule has 0 saturated carbocycles. The van der Waals surface area contributed by atoms with Crippen molar-refractivity contribution in [2.45, 2.75) is 29.9 Å². The average molecular weight is 222 g/mol. The van der Waals surface area contributed by atoms with Crippen molar-refractivity contribution in [3.8, 4) is 0 Å². The van der Waals surface area contributed by atoms with E-state index < -0.39 is 0 Å². The smallest absolute Gasteiger partial charge is 0.319 e. The van der Waals surface area contributed by atoms with Gasteiger partial charge < -0.3 is 4.74 Å². The largest absolute Gasteiger partial charge is 0.468 e. The molecule has 1 aliphatic rings. The highest BCUT2D eigenvalue weighted by molar-refractivity contribution is 8.00. The van der Waals surface area contributed by atoms with E-state index in [0.717, 1.165) is 12.8 Å². The summed E-state index contributed by atoms with van der Waals surface area (Å²) in [5.74, 6) is -0.105. The SMILES string of the molecule is COC(=O)C1CCc2cc(C)ccc2S1. The maximum absolute atomic E-state index is 11.4. The monoisotopic (exact) mass is 222 g/mol. The van der Waals surface area contributed by atoms with E-state index in [1.54, 1.807) is 11.8 Å². The molecule has 2 nitrogen and oxygen atoms in total. The van der Waals surface area contributed by atoms with Crippen LogP contribution in [0.5, 0.6) is 0 Å². The van der Waals surface area contributed by atoms with Gasteiger partial charge in [0.1, 0.15) is 5.25 Å². The van der Waals surface area contributed by atoms with Gasteiger partial charge >= 0.3 is 5.97 Å². The fourth-order valence-corrected chi connectivity index (χ4v) is 3.01. The quantitative estimate of drug-likeness (QED) is 0.683. The van der Waals surface area contributed by atoms with Gasteiger partial charge in [-0.3, -0.25) is 4.79 Å². The van der Waals surface area contributed by atoms with Gasteiger partial charge in [0, 0.05) is 4.90 Å². The molecule has 0 amide bonds. The summed E-state index contributed by atoms with van der Waals surface area (Å²) in [5, 5.41) is -0.0230. The summed E-state index contributed by atoms with van der Waals surface area (Å²) in [6.07, 6.45) is 1.86. The lowest BCUT2D eigenvalue weighted by atomic mass is 10.0. The van der Waals surface area contributed by atoms with Crippen LogP contribution in [0.3, 0.4) is 0 Å². The van der Waals surface area contributed by atoms with Crippen LogP contribution in [0.15, 0.2) is 23.1 Å². The van der Waals surface area contributed by atoms with Crippen LogP contribution < -0.4 is 0 Å². The van der Waals surface area contributed by atoms with Crippen molar-refractivity contribution < 1.29 is 9.53 Å². The number of aryl methyl sites for hydroxylation is 2. The molecule has 15 heavy (non-hydrogen) atoms. The molecule has 0 aromatic heterocycles. The van der Waals surface area contributed by atoms with Crippen LogP contribution in [0.25, 0.3) is 0 Å². The normalized spacial score (nSPS) is 19.5. The minimum Gasteiger partial charge on any atom is -0.468 e. The summed E-state index contributed by atoms with van der Waals surface area (Å²) >= 11 is 1.62. The van der Waals surface area contributed by atoms with Crippen LogP contribution in [0.2, 0.25) is 0 Å². The molecule has 0 bridgehead atoms. The molecular formula is C12H14O2S. The molecule has 1 aromatic rings. The Hall–Kier alpha value is -0.960. The molecule has 1 aromatic carbocycles. The highest BCUT2D eigenvalue weighted by Gasteiger charge is 2.25. The number of esters is 1. The Bertz CT molecular complexity index is 387. The van der Waals surface area contributed by atoms with E-state index in [9.17, 15) is 4.79 Å². The van der Waals surface area contributed by atoms with Gasteiger partial charge in [0.25, 0.3) is 0 Å². The number of benzene rings is 1. The van der Waals surface area contributed by atoms with Gasteiger partial charge in [0.15, 0.2) is 0 Å². The second-order valence-electron chi connectivity index (χ2n) is 3.78. The Morgan fingerprint density at radius 2 is 2.33 bits per heavy atom. The number of hydrogen-bond donors (Lipinski definition) is 0. The maximum Gasteiger partial charge on any atom is 0.319 e. The lowest BCUT2D eigenvalue weighted by Crippen LogP contribution is -2.22. The first-order valence-electron chi connectivity index (χ1n) is 5.04. The van der Waals surface area contributed by atoms with E-state index in [1.165, 1.54) is 23.1 Å². The zero-order valence-electron chi connectivity index (χ0n) is 8.95. The maximum atomic E-state index is 11.4. The van der Waals surface area contributed by atoms with Crippen LogP contribution in [0, 0.1) is 6.92 Å². The molecule has 0 radical (unpaired) electrons. The Balaban J connectivity index is 2.20. The molecule has 80 valence electrons. The van der Waals surface area contributed by atoms with Crippen molar-refractivity contribution in [3.05, 3.63) is 29.3 Å².